The molecule has 4 heteroatoms. The van der Waals surface area contributed by atoms with Gasteiger partial charge in [-0.15, -0.1) is 0 Å². The number of carbonyl (C=O) groups is 1. The Morgan fingerprint density at radius 3 is 2.64 bits per heavy atom. The molecule has 0 amide bonds. The number of hydrogen-bond donors (Lipinski definition) is 0. The fraction of sp³-hybridized carbons (Fsp3) is 0.222. The van der Waals surface area contributed by atoms with Crippen LogP contribution in [0.2, 0.25) is 5.02 Å². The number of rotatable bonds is 4. The quantitative estimate of drug-likeness (QED) is 0.702. The largest absolute Gasteiger partial charge is 0.274 e. The summed E-state index contributed by atoms with van der Waals surface area (Å²) < 4.78 is 1.72. The molecular weight excluding hydrogens is 296 g/mol. The Balaban J connectivity index is 1.68. The third-order valence-electron chi connectivity index (χ3n) is 3.75. The van der Waals surface area contributed by atoms with E-state index in [-0.39, 0.29) is 5.91 Å². The summed E-state index contributed by atoms with van der Waals surface area (Å²) in [6, 6.07) is 15.5. The van der Waals surface area contributed by atoms with Crippen molar-refractivity contribution in [2.45, 2.75) is 26.2 Å². The summed E-state index contributed by atoms with van der Waals surface area (Å²) >= 11 is 5.87. The Labute approximate surface area is 134 Å². The highest BCUT2D eigenvalue weighted by Gasteiger charge is 2.13. The zero-order chi connectivity index (χ0) is 15.5. The number of nitrogens with zero attached hydrogens (tertiary/aromatic N) is 2. The third-order valence-corrected chi connectivity index (χ3v) is 4.00. The van der Waals surface area contributed by atoms with E-state index in [2.05, 4.69) is 4.98 Å². The van der Waals surface area contributed by atoms with Crippen molar-refractivity contribution >= 4 is 28.5 Å². The zero-order valence-corrected chi connectivity index (χ0v) is 13.2. The second kappa shape index (κ2) is 6.32. The number of carbonyl (C=O) groups excluding carboxylic acids is 1. The minimum atomic E-state index is 0.0974. The normalized spacial score (nSPS) is 11.0. The fourth-order valence-corrected chi connectivity index (χ4v) is 2.79. The lowest BCUT2D eigenvalue weighted by molar-refractivity contribution is 0.0902. The van der Waals surface area contributed by atoms with Gasteiger partial charge in [0, 0.05) is 11.4 Å². The van der Waals surface area contributed by atoms with Gasteiger partial charge in [-0.2, -0.15) is 0 Å². The van der Waals surface area contributed by atoms with Gasteiger partial charge in [0.25, 0.3) is 0 Å². The lowest BCUT2D eigenvalue weighted by Crippen LogP contribution is -2.12. The lowest BCUT2D eigenvalue weighted by Gasteiger charge is -2.06. The summed E-state index contributed by atoms with van der Waals surface area (Å²) in [6.07, 6.45) is 2.19. The van der Waals surface area contributed by atoms with E-state index in [4.69, 9.17) is 11.6 Å². The van der Waals surface area contributed by atoms with Crippen LogP contribution in [0.5, 0.6) is 0 Å². The number of para-hydroxylation sites is 2. The van der Waals surface area contributed by atoms with Gasteiger partial charge in [-0.1, -0.05) is 35.9 Å². The molecule has 0 N–H and O–H groups in total. The van der Waals surface area contributed by atoms with E-state index >= 15 is 0 Å². The van der Waals surface area contributed by atoms with Crippen LogP contribution in [0, 0.1) is 6.92 Å². The number of aryl methyl sites for hydroxylation is 2. The first-order chi connectivity index (χ1) is 10.6. The SMILES string of the molecule is Cc1nc2ccccc2n1C(=O)CCCc1ccc(Cl)cc1. The molecule has 0 saturated carbocycles. The van der Waals surface area contributed by atoms with Crippen LogP contribution >= 0.6 is 11.6 Å². The summed E-state index contributed by atoms with van der Waals surface area (Å²) in [5.74, 6) is 0.845. The van der Waals surface area contributed by atoms with Crippen LogP contribution < -0.4 is 0 Å². The third kappa shape index (κ3) is 3.04. The highest BCUT2D eigenvalue weighted by Crippen LogP contribution is 2.17. The first-order valence-corrected chi connectivity index (χ1v) is 7.74. The van der Waals surface area contributed by atoms with E-state index < -0.39 is 0 Å². The molecule has 0 spiro atoms. The molecule has 3 nitrogen and oxygen atoms in total. The highest BCUT2D eigenvalue weighted by molar-refractivity contribution is 6.30. The Bertz CT molecular complexity index is 806. The average molecular weight is 313 g/mol. The predicted octanol–water partition coefficient (Wildman–Crippen LogP) is 4.66. The summed E-state index contributed by atoms with van der Waals surface area (Å²) in [4.78, 5) is 16.9. The van der Waals surface area contributed by atoms with Gasteiger partial charge in [-0.05, 0) is 49.6 Å². The van der Waals surface area contributed by atoms with Crippen LogP contribution in [0.1, 0.15) is 29.0 Å². The second-order valence-corrected chi connectivity index (χ2v) is 5.79. The van der Waals surface area contributed by atoms with Crippen molar-refractivity contribution in [3.8, 4) is 0 Å². The van der Waals surface area contributed by atoms with E-state index in [1.807, 2.05) is 55.5 Å². The Hall–Kier alpha value is -2.13. The van der Waals surface area contributed by atoms with E-state index in [1.165, 1.54) is 5.56 Å². The Kier molecular flexibility index (Phi) is 4.25. The predicted molar refractivity (Wildman–Crippen MR) is 89.5 cm³/mol. The monoisotopic (exact) mass is 312 g/mol. The average Bonchev–Trinajstić information content (AvgIpc) is 2.85. The summed E-state index contributed by atoms with van der Waals surface area (Å²) in [5.41, 5.74) is 2.95. The van der Waals surface area contributed by atoms with Crippen LogP contribution in [0.4, 0.5) is 0 Å². The molecule has 0 saturated heterocycles. The molecule has 2 aromatic carbocycles. The molecule has 0 fully saturated rings. The molecule has 112 valence electrons. The highest BCUT2D eigenvalue weighted by atomic mass is 35.5. The van der Waals surface area contributed by atoms with Crippen LogP contribution in [0.25, 0.3) is 11.0 Å². The van der Waals surface area contributed by atoms with Crippen molar-refractivity contribution < 1.29 is 4.79 Å². The molecule has 1 aromatic heterocycles. The van der Waals surface area contributed by atoms with Gasteiger partial charge >= 0.3 is 0 Å². The Morgan fingerprint density at radius 1 is 1.14 bits per heavy atom. The van der Waals surface area contributed by atoms with Gasteiger partial charge in [0.1, 0.15) is 5.82 Å². The van der Waals surface area contributed by atoms with Crippen molar-refractivity contribution in [2.24, 2.45) is 0 Å². The molecule has 22 heavy (non-hydrogen) atoms. The van der Waals surface area contributed by atoms with Crippen LogP contribution in [-0.4, -0.2) is 15.5 Å². The van der Waals surface area contributed by atoms with Crippen molar-refractivity contribution in [1.82, 2.24) is 9.55 Å². The van der Waals surface area contributed by atoms with Crippen molar-refractivity contribution in [3.63, 3.8) is 0 Å². The van der Waals surface area contributed by atoms with Crippen LogP contribution in [0.15, 0.2) is 48.5 Å². The number of aromatic nitrogens is 2. The molecule has 0 unspecified atom stereocenters. The van der Waals surface area contributed by atoms with E-state index in [1.54, 1.807) is 4.57 Å². The molecule has 3 rings (SSSR count). The van der Waals surface area contributed by atoms with E-state index in [0.717, 1.165) is 34.7 Å². The molecule has 1 heterocycles. The van der Waals surface area contributed by atoms with Gasteiger partial charge in [0.15, 0.2) is 0 Å². The van der Waals surface area contributed by atoms with E-state index in [9.17, 15) is 4.79 Å². The maximum Gasteiger partial charge on any atom is 0.232 e. The molecule has 0 aliphatic rings. The van der Waals surface area contributed by atoms with Crippen LogP contribution in [0.3, 0.4) is 0 Å². The minimum absolute atomic E-state index is 0.0974. The molecule has 0 bridgehead atoms. The maximum atomic E-state index is 12.5. The van der Waals surface area contributed by atoms with Crippen molar-refractivity contribution in [1.29, 1.82) is 0 Å². The van der Waals surface area contributed by atoms with E-state index in [0.29, 0.717) is 6.42 Å². The van der Waals surface area contributed by atoms with Gasteiger partial charge in [-0.25, -0.2) is 4.98 Å². The summed E-state index contributed by atoms with van der Waals surface area (Å²) in [6.45, 7) is 1.87. The van der Waals surface area contributed by atoms with Crippen molar-refractivity contribution in [3.05, 3.63) is 64.9 Å². The summed E-state index contributed by atoms with van der Waals surface area (Å²) in [5, 5.41) is 0.736. The van der Waals surface area contributed by atoms with Crippen molar-refractivity contribution in [2.75, 3.05) is 0 Å². The van der Waals surface area contributed by atoms with Gasteiger partial charge in [0.05, 0.1) is 11.0 Å². The van der Waals surface area contributed by atoms with Gasteiger partial charge in [0.2, 0.25) is 5.91 Å². The fourth-order valence-electron chi connectivity index (χ4n) is 2.67. The first-order valence-electron chi connectivity index (χ1n) is 7.37. The zero-order valence-electron chi connectivity index (χ0n) is 12.4. The molecular formula is C18H17ClN2O. The van der Waals surface area contributed by atoms with Gasteiger partial charge < -0.3 is 0 Å². The standard InChI is InChI=1S/C18H17ClN2O/c1-13-20-16-6-2-3-7-17(16)21(13)18(22)8-4-5-14-9-11-15(19)12-10-14/h2-3,6-7,9-12H,4-5,8H2,1H3. The van der Waals surface area contributed by atoms with Gasteiger partial charge in [-0.3, -0.25) is 9.36 Å². The molecule has 3 aromatic rings. The van der Waals surface area contributed by atoms with Crippen LogP contribution in [-0.2, 0) is 6.42 Å². The number of benzene rings is 2. The molecule has 0 radical (unpaired) electrons. The number of halogens is 1. The molecule has 0 aliphatic carbocycles. The second-order valence-electron chi connectivity index (χ2n) is 5.36. The molecule has 0 atom stereocenters. The maximum absolute atomic E-state index is 12.5. The molecule has 0 aliphatic heterocycles. The smallest absolute Gasteiger partial charge is 0.232 e. The Morgan fingerprint density at radius 2 is 1.86 bits per heavy atom. The topological polar surface area (TPSA) is 34.9 Å². The minimum Gasteiger partial charge on any atom is -0.274 e. The summed E-state index contributed by atoms with van der Waals surface area (Å²) in [7, 11) is 0. The first kappa shape index (κ1) is 14.8. The number of imidazole rings is 1. The number of fused-ring (bicyclic) bond motifs is 1. The number of hydrogen-bond acceptors (Lipinski definition) is 2. The lowest BCUT2D eigenvalue weighted by atomic mass is 10.1.